The predicted molar refractivity (Wildman–Crippen MR) is 71.0 cm³/mol. The molecule has 17 heavy (non-hydrogen) atoms. The molecule has 1 rings (SSSR count). The number of hydrogen-bond donors (Lipinski definition) is 3. The van der Waals surface area contributed by atoms with Crippen LogP contribution in [0.1, 0.15) is 36.5 Å². The van der Waals surface area contributed by atoms with Crippen molar-refractivity contribution < 1.29 is 4.79 Å². The number of carbonyl (C=O) groups is 1. The molecule has 1 unspecified atom stereocenters. The van der Waals surface area contributed by atoms with Crippen molar-refractivity contribution in [1.82, 2.24) is 0 Å². The zero-order valence-electron chi connectivity index (χ0n) is 10.3. The number of para-hydroxylation sites is 1. The monoisotopic (exact) mass is 235 g/mol. The lowest BCUT2D eigenvalue weighted by molar-refractivity contribution is 0.100. The number of nitrogens with two attached hydrogens (primary N) is 2. The van der Waals surface area contributed by atoms with Crippen molar-refractivity contribution in [2.24, 2.45) is 11.5 Å². The fourth-order valence-electron chi connectivity index (χ4n) is 1.74. The first-order valence-corrected chi connectivity index (χ1v) is 6.04. The summed E-state index contributed by atoms with van der Waals surface area (Å²) in [5, 5.41) is 3.29. The molecule has 0 aromatic heterocycles. The fraction of sp³-hybridized carbons (Fsp3) is 0.462. The molecule has 0 heterocycles. The third kappa shape index (κ3) is 4.07. The van der Waals surface area contributed by atoms with Crippen LogP contribution in [0.25, 0.3) is 0 Å². The molecule has 94 valence electrons. The SMILES string of the molecule is CCCCC(CN)Nc1ccccc1C(N)=O. The zero-order chi connectivity index (χ0) is 12.7. The van der Waals surface area contributed by atoms with E-state index in [2.05, 4.69) is 12.2 Å². The molecule has 0 aliphatic rings. The maximum atomic E-state index is 11.3. The van der Waals surface area contributed by atoms with Gasteiger partial charge in [-0.3, -0.25) is 4.79 Å². The predicted octanol–water partition coefficient (Wildman–Crippen LogP) is 1.71. The Morgan fingerprint density at radius 2 is 2.12 bits per heavy atom. The summed E-state index contributed by atoms with van der Waals surface area (Å²) in [5.74, 6) is -0.417. The molecule has 5 N–H and O–H groups in total. The lowest BCUT2D eigenvalue weighted by Gasteiger charge is -2.19. The summed E-state index contributed by atoms with van der Waals surface area (Å²) in [5.41, 5.74) is 12.3. The van der Waals surface area contributed by atoms with E-state index in [9.17, 15) is 4.79 Å². The minimum absolute atomic E-state index is 0.190. The van der Waals surface area contributed by atoms with E-state index in [-0.39, 0.29) is 6.04 Å². The third-order valence-electron chi connectivity index (χ3n) is 2.74. The van der Waals surface area contributed by atoms with Gasteiger partial charge in [-0.05, 0) is 18.6 Å². The van der Waals surface area contributed by atoms with Crippen LogP contribution in [0.15, 0.2) is 24.3 Å². The highest BCUT2D eigenvalue weighted by Gasteiger charge is 2.11. The van der Waals surface area contributed by atoms with Crippen molar-refractivity contribution in [1.29, 1.82) is 0 Å². The molecule has 4 nitrogen and oxygen atoms in total. The van der Waals surface area contributed by atoms with Crippen LogP contribution < -0.4 is 16.8 Å². The van der Waals surface area contributed by atoms with E-state index in [0.29, 0.717) is 12.1 Å². The van der Waals surface area contributed by atoms with Gasteiger partial charge in [0.15, 0.2) is 0 Å². The number of amides is 1. The van der Waals surface area contributed by atoms with Gasteiger partial charge in [-0.2, -0.15) is 0 Å². The number of nitrogens with one attached hydrogen (secondary N) is 1. The minimum atomic E-state index is -0.417. The molecule has 0 saturated heterocycles. The van der Waals surface area contributed by atoms with Gasteiger partial charge < -0.3 is 16.8 Å². The molecule has 0 bridgehead atoms. The van der Waals surface area contributed by atoms with Gasteiger partial charge in [0, 0.05) is 18.3 Å². The molecular formula is C13H21N3O. The molecule has 0 aliphatic carbocycles. The summed E-state index contributed by atoms with van der Waals surface area (Å²) < 4.78 is 0. The molecule has 1 aromatic carbocycles. The van der Waals surface area contributed by atoms with Gasteiger partial charge >= 0.3 is 0 Å². The summed E-state index contributed by atoms with van der Waals surface area (Å²) in [6.45, 7) is 2.69. The van der Waals surface area contributed by atoms with Crippen LogP contribution in [-0.2, 0) is 0 Å². The largest absolute Gasteiger partial charge is 0.380 e. The maximum absolute atomic E-state index is 11.3. The highest BCUT2D eigenvalue weighted by atomic mass is 16.1. The van der Waals surface area contributed by atoms with Crippen LogP contribution in [0.4, 0.5) is 5.69 Å². The van der Waals surface area contributed by atoms with Crippen molar-refractivity contribution >= 4 is 11.6 Å². The van der Waals surface area contributed by atoms with Gasteiger partial charge in [0.2, 0.25) is 0 Å². The second-order valence-corrected chi connectivity index (χ2v) is 4.13. The van der Waals surface area contributed by atoms with Crippen LogP contribution in [0.3, 0.4) is 0 Å². The van der Waals surface area contributed by atoms with Gasteiger partial charge in [-0.1, -0.05) is 31.9 Å². The van der Waals surface area contributed by atoms with E-state index < -0.39 is 5.91 Å². The van der Waals surface area contributed by atoms with E-state index in [0.717, 1.165) is 24.9 Å². The summed E-state index contributed by atoms with van der Waals surface area (Å²) in [6, 6.07) is 7.44. The second-order valence-electron chi connectivity index (χ2n) is 4.13. The Balaban J connectivity index is 2.75. The van der Waals surface area contributed by atoms with Gasteiger partial charge in [0.25, 0.3) is 5.91 Å². The van der Waals surface area contributed by atoms with Crippen molar-refractivity contribution in [2.45, 2.75) is 32.2 Å². The number of carbonyl (C=O) groups excluding carboxylic acids is 1. The summed E-state index contributed by atoms with van der Waals surface area (Å²) >= 11 is 0. The highest BCUT2D eigenvalue weighted by molar-refractivity contribution is 5.98. The molecule has 0 aliphatic heterocycles. The highest BCUT2D eigenvalue weighted by Crippen LogP contribution is 2.16. The maximum Gasteiger partial charge on any atom is 0.250 e. The quantitative estimate of drug-likeness (QED) is 0.673. The molecule has 1 amide bonds. The molecule has 0 radical (unpaired) electrons. The smallest absolute Gasteiger partial charge is 0.250 e. The lowest BCUT2D eigenvalue weighted by atomic mass is 10.1. The minimum Gasteiger partial charge on any atom is -0.380 e. The fourth-order valence-corrected chi connectivity index (χ4v) is 1.74. The van der Waals surface area contributed by atoms with Crippen molar-refractivity contribution in [3.05, 3.63) is 29.8 Å². The number of primary amides is 1. The van der Waals surface area contributed by atoms with E-state index in [1.807, 2.05) is 12.1 Å². The van der Waals surface area contributed by atoms with Gasteiger partial charge in [-0.15, -0.1) is 0 Å². The van der Waals surface area contributed by atoms with E-state index >= 15 is 0 Å². The standard InChI is InChI=1S/C13H21N3O/c1-2-3-6-10(9-14)16-12-8-5-4-7-11(12)13(15)17/h4-5,7-8,10,16H,2-3,6,9,14H2,1H3,(H2,15,17). The van der Waals surface area contributed by atoms with Crippen LogP contribution in [0, 0.1) is 0 Å². The van der Waals surface area contributed by atoms with Crippen molar-refractivity contribution in [3.63, 3.8) is 0 Å². The Bertz CT molecular complexity index is 365. The number of anilines is 1. The number of unbranched alkanes of at least 4 members (excludes halogenated alkanes) is 1. The third-order valence-corrected chi connectivity index (χ3v) is 2.74. The number of rotatable bonds is 7. The zero-order valence-corrected chi connectivity index (χ0v) is 10.3. The Labute approximate surface area is 102 Å². The Hall–Kier alpha value is -1.55. The molecule has 1 aromatic rings. The first-order chi connectivity index (χ1) is 8.19. The number of benzene rings is 1. The topological polar surface area (TPSA) is 81.1 Å². The molecule has 4 heteroatoms. The van der Waals surface area contributed by atoms with Crippen molar-refractivity contribution in [3.8, 4) is 0 Å². The average molecular weight is 235 g/mol. The molecular weight excluding hydrogens is 214 g/mol. The van der Waals surface area contributed by atoms with Crippen LogP contribution in [0.2, 0.25) is 0 Å². The molecule has 0 fully saturated rings. The average Bonchev–Trinajstić information content (AvgIpc) is 2.34. The lowest BCUT2D eigenvalue weighted by Crippen LogP contribution is -2.30. The van der Waals surface area contributed by atoms with E-state index in [4.69, 9.17) is 11.5 Å². The molecule has 1 atom stereocenters. The van der Waals surface area contributed by atoms with E-state index in [1.165, 1.54) is 0 Å². The first-order valence-electron chi connectivity index (χ1n) is 6.04. The Morgan fingerprint density at radius 1 is 1.41 bits per heavy atom. The normalized spacial score (nSPS) is 12.1. The summed E-state index contributed by atoms with van der Waals surface area (Å²) in [4.78, 5) is 11.3. The summed E-state index contributed by atoms with van der Waals surface area (Å²) in [7, 11) is 0. The van der Waals surface area contributed by atoms with Crippen LogP contribution >= 0.6 is 0 Å². The summed E-state index contributed by atoms with van der Waals surface area (Å²) in [6.07, 6.45) is 3.25. The Morgan fingerprint density at radius 3 is 2.71 bits per heavy atom. The second kappa shape index (κ2) is 6.91. The molecule has 0 spiro atoms. The van der Waals surface area contributed by atoms with Crippen LogP contribution in [-0.4, -0.2) is 18.5 Å². The first kappa shape index (κ1) is 13.5. The molecule has 0 saturated carbocycles. The van der Waals surface area contributed by atoms with Crippen molar-refractivity contribution in [2.75, 3.05) is 11.9 Å². The Kier molecular flexibility index (Phi) is 5.49. The van der Waals surface area contributed by atoms with Crippen LogP contribution in [0.5, 0.6) is 0 Å². The van der Waals surface area contributed by atoms with Gasteiger partial charge in [-0.25, -0.2) is 0 Å². The van der Waals surface area contributed by atoms with Gasteiger partial charge in [0.1, 0.15) is 0 Å². The number of hydrogen-bond acceptors (Lipinski definition) is 3. The van der Waals surface area contributed by atoms with E-state index in [1.54, 1.807) is 12.1 Å². The van der Waals surface area contributed by atoms with Gasteiger partial charge in [0.05, 0.1) is 5.56 Å².